The number of ether oxygens (including phenoxy) is 2. The molecule has 0 radical (unpaired) electrons. The topological polar surface area (TPSA) is 76.7 Å². The van der Waals surface area contributed by atoms with E-state index in [2.05, 4.69) is 10.6 Å². The second-order valence-corrected chi connectivity index (χ2v) is 11.0. The van der Waals surface area contributed by atoms with Gasteiger partial charge in [0.05, 0.1) is 25.0 Å². The summed E-state index contributed by atoms with van der Waals surface area (Å²) in [6, 6.07) is 0.887. The summed E-state index contributed by atoms with van der Waals surface area (Å²) in [5, 5.41) is 8.26. The summed E-state index contributed by atoms with van der Waals surface area (Å²) < 4.78 is 10.6. The molecule has 0 amide bonds. The Hall–Kier alpha value is -0.440. The zero-order valence-electron chi connectivity index (χ0n) is 17.7. The van der Waals surface area contributed by atoms with Crippen LogP contribution in [-0.4, -0.2) is 60.8 Å². The average Bonchev–Trinajstić information content (AvgIpc) is 2.76. The molecule has 3 rings (SSSR count). The second kappa shape index (κ2) is 11.8. The van der Waals surface area contributed by atoms with Crippen molar-refractivity contribution >= 4 is 33.5 Å². The fourth-order valence-corrected chi connectivity index (χ4v) is 8.46. The Labute approximate surface area is 182 Å². The maximum atomic E-state index is 12.3. The van der Waals surface area contributed by atoms with Gasteiger partial charge in [-0.3, -0.25) is 9.59 Å². The summed E-state index contributed by atoms with van der Waals surface area (Å²) in [5.41, 5.74) is 0. The molecule has 1 aliphatic heterocycles. The third-order valence-electron chi connectivity index (χ3n) is 6.29. The molecule has 6 unspecified atom stereocenters. The van der Waals surface area contributed by atoms with Crippen LogP contribution in [0.3, 0.4) is 0 Å². The van der Waals surface area contributed by atoms with Gasteiger partial charge >= 0.3 is 11.9 Å². The summed E-state index contributed by atoms with van der Waals surface area (Å²) in [5.74, 6) is -0.0384. The van der Waals surface area contributed by atoms with Crippen LogP contribution in [-0.2, 0) is 19.1 Å². The Balaban J connectivity index is 1.64. The molecule has 0 spiro atoms. The van der Waals surface area contributed by atoms with Crippen molar-refractivity contribution in [3.8, 4) is 0 Å². The van der Waals surface area contributed by atoms with E-state index in [0.29, 0.717) is 35.8 Å². The number of hydrogen-bond acceptors (Lipinski definition) is 8. The van der Waals surface area contributed by atoms with Crippen molar-refractivity contribution in [2.75, 3.05) is 26.3 Å². The molecule has 6 atom stereocenters. The molecule has 1 heterocycles. The zero-order chi connectivity index (χ0) is 20.6. The Morgan fingerprint density at radius 3 is 1.66 bits per heavy atom. The highest BCUT2D eigenvalue weighted by molar-refractivity contribution is 8.77. The van der Waals surface area contributed by atoms with Crippen molar-refractivity contribution < 1.29 is 19.1 Å². The Kier molecular flexibility index (Phi) is 9.47. The van der Waals surface area contributed by atoms with E-state index in [9.17, 15) is 9.59 Å². The standard InChI is InChI=1S/C21H36N2O4S2/c1-3-26-20(24)14-6-8-16-18(12-14)28-29-19-13-15(21(25)27-4-2)7-9-17(19)23-11-5-10-22-16/h14-19,22-23H,3-13H2,1-2H3. The molecule has 29 heavy (non-hydrogen) atoms. The molecule has 2 saturated carbocycles. The van der Waals surface area contributed by atoms with E-state index in [0.717, 1.165) is 58.0 Å². The van der Waals surface area contributed by atoms with Crippen molar-refractivity contribution in [2.45, 2.75) is 81.4 Å². The third-order valence-corrected chi connectivity index (χ3v) is 9.76. The maximum Gasteiger partial charge on any atom is 0.308 e. The molecule has 0 bridgehead atoms. The van der Waals surface area contributed by atoms with Crippen LogP contribution >= 0.6 is 21.6 Å². The van der Waals surface area contributed by atoms with Crippen LogP contribution in [0, 0.1) is 11.8 Å². The highest BCUT2D eigenvalue weighted by Gasteiger charge is 2.39. The Morgan fingerprint density at radius 2 is 1.24 bits per heavy atom. The fraction of sp³-hybridized carbons (Fsp3) is 0.905. The predicted octanol–water partition coefficient (Wildman–Crippen LogP) is 3.15. The van der Waals surface area contributed by atoms with E-state index >= 15 is 0 Å². The lowest BCUT2D eigenvalue weighted by Crippen LogP contribution is -2.44. The van der Waals surface area contributed by atoms with Gasteiger partial charge in [0.2, 0.25) is 0 Å². The highest BCUT2D eigenvalue weighted by atomic mass is 33.1. The van der Waals surface area contributed by atoms with Crippen LogP contribution < -0.4 is 10.6 Å². The van der Waals surface area contributed by atoms with Crippen molar-refractivity contribution in [2.24, 2.45) is 11.8 Å². The predicted molar refractivity (Wildman–Crippen MR) is 119 cm³/mol. The number of esters is 2. The van der Waals surface area contributed by atoms with Crippen LogP contribution in [0.1, 0.15) is 58.8 Å². The molecular weight excluding hydrogens is 408 g/mol. The fourth-order valence-electron chi connectivity index (χ4n) is 4.69. The first-order valence-electron chi connectivity index (χ1n) is 11.2. The minimum Gasteiger partial charge on any atom is -0.466 e. The normalized spacial score (nSPS) is 36.1. The van der Waals surface area contributed by atoms with E-state index in [4.69, 9.17) is 9.47 Å². The molecular formula is C21H36N2O4S2. The van der Waals surface area contributed by atoms with Gasteiger partial charge in [0.25, 0.3) is 0 Å². The van der Waals surface area contributed by atoms with Gasteiger partial charge in [-0.25, -0.2) is 0 Å². The summed E-state index contributed by atoms with van der Waals surface area (Å²) in [4.78, 5) is 24.6. The van der Waals surface area contributed by atoms with Gasteiger partial charge in [0.15, 0.2) is 0 Å². The molecule has 2 aliphatic carbocycles. The summed E-state index contributed by atoms with van der Waals surface area (Å²) in [6.07, 6.45) is 6.72. The van der Waals surface area contributed by atoms with Crippen LogP contribution in [0.2, 0.25) is 0 Å². The van der Waals surface area contributed by atoms with E-state index in [-0.39, 0.29) is 23.8 Å². The van der Waals surface area contributed by atoms with Crippen LogP contribution in [0.15, 0.2) is 0 Å². The van der Waals surface area contributed by atoms with Crippen molar-refractivity contribution in [1.29, 1.82) is 0 Å². The lowest BCUT2D eigenvalue weighted by Gasteiger charge is -2.38. The van der Waals surface area contributed by atoms with Crippen LogP contribution in [0.5, 0.6) is 0 Å². The van der Waals surface area contributed by atoms with Gasteiger partial charge < -0.3 is 20.1 Å². The molecule has 0 aromatic rings. The first kappa shape index (κ1) is 23.2. The first-order chi connectivity index (χ1) is 14.1. The van der Waals surface area contributed by atoms with Crippen molar-refractivity contribution in [3.63, 3.8) is 0 Å². The quantitative estimate of drug-likeness (QED) is 0.506. The van der Waals surface area contributed by atoms with Crippen LogP contribution in [0.25, 0.3) is 0 Å². The molecule has 0 aromatic heterocycles. The average molecular weight is 445 g/mol. The maximum absolute atomic E-state index is 12.3. The van der Waals surface area contributed by atoms with Gasteiger partial charge in [-0.15, -0.1) is 0 Å². The largest absolute Gasteiger partial charge is 0.466 e. The molecule has 3 aliphatic rings. The van der Waals surface area contributed by atoms with E-state index in [1.165, 1.54) is 0 Å². The lowest BCUT2D eigenvalue weighted by molar-refractivity contribution is -0.150. The van der Waals surface area contributed by atoms with Crippen molar-refractivity contribution in [3.05, 3.63) is 0 Å². The number of hydrogen-bond donors (Lipinski definition) is 2. The molecule has 8 heteroatoms. The van der Waals surface area contributed by atoms with Gasteiger partial charge in [0, 0.05) is 22.6 Å². The third kappa shape index (κ3) is 6.52. The summed E-state index contributed by atoms with van der Waals surface area (Å²) in [7, 11) is 3.84. The molecule has 6 nitrogen and oxygen atoms in total. The number of carbonyl (C=O) groups excluding carboxylic acids is 2. The van der Waals surface area contributed by atoms with E-state index in [1.807, 2.05) is 35.4 Å². The first-order valence-corrected chi connectivity index (χ1v) is 13.5. The monoisotopic (exact) mass is 444 g/mol. The number of carbonyl (C=O) groups is 2. The van der Waals surface area contributed by atoms with E-state index in [1.54, 1.807) is 0 Å². The highest BCUT2D eigenvalue weighted by Crippen LogP contribution is 2.45. The van der Waals surface area contributed by atoms with Gasteiger partial charge in [-0.05, 0) is 71.9 Å². The summed E-state index contributed by atoms with van der Waals surface area (Å²) >= 11 is 0. The van der Waals surface area contributed by atoms with Gasteiger partial charge in [-0.1, -0.05) is 21.6 Å². The number of rotatable bonds is 4. The molecule has 1 saturated heterocycles. The SMILES string of the molecule is CCOC(=O)C1CCC2NCCCNC3CCC(C(=O)OCC)CC3SSC2C1. The Bertz CT molecular complexity index is 505. The van der Waals surface area contributed by atoms with Gasteiger partial charge in [-0.2, -0.15) is 0 Å². The second-order valence-electron chi connectivity index (χ2n) is 8.27. The smallest absolute Gasteiger partial charge is 0.308 e. The zero-order valence-corrected chi connectivity index (χ0v) is 19.3. The molecule has 3 fully saturated rings. The molecule has 0 aromatic carbocycles. The number of fused-ring (bicyclic) bond motifs is 2. The minimum absolute atomic E-state index is 0.0174. The lowest BCUT2D eigenvalue weighted by atomic mass is 9.85. The Morgan fingerprint density at radius 1 is 0.793 bits per heavy atom. The van der Waals surface area contributed by atoms with Crippen molar-refractivity contribution in [1.82, 2.24) is 10.6 Å². The van der Waals surface area contributed by atoms with Crippen LogP contribution in [0.4, 0.5) is 0 Å². The minimum atomic E-state index is -0.0366. The van der Waals surface area contributed by atoms with Gasteiger partial charge in [0.1, 0.15) is 0 Å². The summed E-state index contributed by atoms with van der Waals surface area (Å²) in [6.45, 7) is 6.67. The van der Waals surface area contributed by atoms with E-state index < -0.39 is 0 Å². The molecule has 166 valence electrons. The molecule has 2 N–H and O–H groups in total. The number of nitrogens with one attached hydrogen (secondary N) is 2.